The molecule has 0 radical (unpaired) electrons. The predicted octanol–water partition coefficient (Wildman–Crippen LogP) is 1.91. The molecule has 3 rings (SSSR count). The second-order valence-corrected chi connectivity index (χ2v) is 10.8. The fourth-order valence-electron chi connectivity index (χ4n) is 4.11. The Morgan fingerprint density at radius 2 is 2.19 bits per heavy atom. The summed E-state index contributed by atoms with van der Waals surface area (Å²) in [5.41, 5.74) is -2.01. The molecule has 0 saturated carbocycles. The number of allylic oxidation sites excluding steroid dienone is 1. The Labute approximate surface area is 235 Å². The van der Waals surface area contributed by atoms with Crippen molar-refractivity contribution in [1.29, 1.82) is 0 Å². The molecule has 1 fully saturated rings. The molecule has 2 atom stereocenters. The Morgan fingerprint density at radius 1 is 1.38 bits per heavy atom. The molecule has 2 aliphatic rings. The van der Waals surface area contributed by atoms with Crippen LogP contribution in [0.25, 0.3) is 0 Å². The topological polar surface area (TPSA) is 135 Å². The number of amides is 2. The van der Waals surface area contributed by atoms with Crippen LogP contribution in [0.4, 0.5) is 5.69 Å². The molecule has 3 N–H and O–H groups in total. The van der Waals surface area contributed by atoms with Crippen molar-refractivity contribution in [2.45, 2.75) is 70.9 Å². The highest BCUT2D eigenvalue weighted by molar-refractivity contribution is 7.93. The largest absolute Gasteiger partial charge is 0.373 e. The van der Waals surface area contributed by atoms with Crippen LogP contribution in [-0.4, -0.2) is 79.8 Å². The predicted molar refractivity (Wildman–Crippen MR) is 142 cm³/mol. The molecule has 206 valence electrons. The van der Waals surface area contributed by atoms with Gasteiger partial charge in [-0.2, -0.15) is 5.10 Å². The van der Waals surface area contributed by atoms with Crippen LogP contribution >= 0.6 is 0 Å². The SMILES string of the molecule is [2H]C1(OC([2H])([2H])C([2H])([2H])C([2H])([2H])[2H])CC=C(S(=O)(=O)NCCC2CCCN2C)C=C1C(=O)Nc1cnn(C([2H])([2H])[2H])c1C(=O)NC(C)C. The van der Waals surface area contributed by atoms with Crippen molar-refractivity contribution < 1.29 is 37.8 Å². The molecule has 2 amide bonds. The van der Waals surface area contributed by atoms with E-state index in [-0.39, 0.29) is 12.6 Å². The van der Waals surface area contributed by atoms with Crippen molar-refractivity contribution in [3.63, 3.8) is 0 Å². The van der Waals surface area contributed by atoms with Crippen molar-refractivity contribution >= 4 is 27.5 Å². The number of aromatic nitrogens is 2. The summed E-state index contributed by atoms with van der Waals surface area (Å²) in [5, 5.41) is 8.38. The molecule has 1 saturated heterocycles. The molecule has 2 unspecified atom stereocenters. The van der Waals surface area contributed by atoms with Gasteiger partial charge in [0.05, 0.1) is 27.0 Å². The second kappa shape index (κ2) is 12.8. The standard InChI is InChI=1S/C25H40N6O5S/c1-6-14-36-22-10-9-19(37(34,35)27-12-11-18-8-7-13-30(18)4)15-20(22)24(32)29-21-16-26-31(5)23(21)25(33)28-17(2)3/h9,15-18,22,27H,6-8,10-14H2,1-5H3,(H,28,33)(H,29,32)/i1D3,5D3,6D2,14D2,22D. The third-order valence-corrected chi connectivity index (χ3v) is 7.44. The first-order chi connectivity index (χ1) is 21.7. The maximum atomic E-state index is 13.8. The number of nitrogens with one attached hydrogen (secondary N) is 3. The van der Waals surface area contributed by atoms with Gasteiger partial charge in [-0.1, -0.05) is 12.9 Å². The number of anilines is 1. The van der Waals surface area contributed by atoms with E-state index in [0.717, 1.165) is 31.7 Å². The summed E-state index contributed by atoms with van der Waals surface area (Å²) >= 11 is 0. The summed E-state index contributed by atoms with van der Waals surface area (Å²) in [6.45, 7) is -6.23. The average molecular weight is 548 g/mol. The van der Waals surface area contributed by atoms with Gasteiger partial charge in [-0.25, -0.2) is 13.1 Å². The number of hydrogen-bond donors (Lipinski definition) is 3. The van der Waals surface area contributed by atoms with E-state index < -0.39 is 89.0 Å². The third kappa shape index (κ3) is 7.50. The van der Waals surface area contributed by atoms with Crippen LogP contribution < -0.4 is 15.4 Å². The molecule has 0 bridgehead atoms. The lowest BCUT2D eigenvalue weighted by Crippen LogP contribution is -2.34. The Bertz CT molecular complexity index is 1560. The van der Waals surface area contributed by atoms with Crippen LogP contribution in [0, 0.1) is 0 Å². The molecule has 1 aliphatic heterocycles. The van der Waals surface area contributed by atoms with E-state index in [0.29, 0.717) is 17.2 Å². The molecule has 12 heteroatoms. The number of carbonyl (C=O) groups is 2. The van der Waals surface area contributed by atoms with Crippen molar-refractivity contribution in [3.8, 4) is 0 Å². The summed E-state index contributed by atoms with van der Waals surface area (Å²) in [4.78, 5) is 28.4. The first kappa shape index (κ1) is 17.1. The lowest BCUT2D eigenvalue weighted by molar-refractivity contribution is -0.114. The highest BCUT2D eigenvalue weighted by atomic mass is 32.2. The number of ether oxygens (including phenoxy) is 1. The summed E-state index contributed by atoms with van der Waals surface area (Å²) in [7, 11) is -2.42. The van der Waals surface area contributed by atoms with Gasteiger partial charge in [0.1, 0.15) is 5.69 Å². The third-order valence-electron chi connectivity index (χ3n) is 5.95. The summed E-state index contributed by atoms with van der Waals surface area (Å²) in [5.74, 6) is -2.32. The van der Waals surface area contributed by atoms with Crippen LogP contribution in [-0.2, 0) is 26.5 Å². The maximum absolute atomic E-state index is 13.8. The summed E-state index contributed by atoms with van der Waals surface area (Å²) in [6, 6.07) is -0.334. The zero-order chi connectivity index (χ0) is 36.7. The number of hydrogen-bond acceptors (Lipinski definition) is 7. The van der Waals surface area contributed by atoms with E-state index in [1.165, 1.54) is 0 Å². The number of carbonyl (C=O) groups excluding carboxylic acids is 2. The van der Waals surface area contributed by atoms with Crippen molar-refractivity contribution in [3.05, 3.63) is 34.5 Å². The van der Waals surface area contributed by atoms with E-state index in [2.05, 4.69) is 25.4 Å². The number of nitrogens with zero attached hydrogens (tertiary/aromatic N) is 3. The Morgan fingerprint density at radius 3 is 2.86 bits per heavy atom. The van der Waals surface area contributed by atoms with Crippen LogP contribution in [0.3, 0.4) is 0 Å². The minimum Gasteiger partial charge on any atom is -0.373 e. The van der Waals surface area contributed by atoms with Gasteiger partial charge >= 0.3 is 0 Å². The molecule has 2 heterocycles. The van der Waals surface area contributed by atoms with Gasteiger partial charge in [0, 0.05) is 48.7 Å². The van der Waals surface area contributed by atoms with E-state index in [9.17, 15) is 18.0 Å². The van der Waals surface area contributed by atoms with Gasteiger partial charge < -0.3 is 20.3 Å². The molecule has 0 aromatic carbocycles. The second-order valence-electron chi connectivity index (χ2n) is 8.98. The van der Waals surface area contributed by atoms with Gasteiger partial charge in [-0.15, -0.1) is 0 Å². The Kier molecular flexibility index (Phi) is 5.93. The van der Waals surface area contributed by atoms with Gasteiger partial charge in [0.15, 0.2) is 0 Å². The minimum absolute atomic E-state index is 0.0243. The molecule has 1 aromatic rings. The number of sulfonamides is 1. The van der Waals surface area contributed by atoms with Gasteiger partial charge in [0.25, 0.3) is 11.8 Å². The summed E-state index contributed by atoms with van der Waals surface area (Å²) < 4.78 is 121. The number of rotatable bonds is 12. The van der Waals surface area contributed by atoms with Crippen molar-refractivity contribution in [2.24, 2.45) is 6.98 Å². The summed E-state index contributed by atoms with van der Waals surface area (Å²) in [6.07, 6.45) is -2.69. The first-order valence-electron chi connectivity index (χ1n) is 17.3. The fourth-order valence-corrected chi connectivity index (χ4v) is 5.24. The lowest BCUT2D eigenvalue weighted by Gasteiger charge is -2.24. The molecule has 0 spiro atoms. The Balaban J connectivity index is 2.05. The first-order valence-corrected chi connectivity index (χ1v) is 13.2. The molecular formula is C25H40N6O5S. The average Bonchev–Trinajstić information content (AvgIpc) is 3.53. The molecule has 1 aromatic heterocycles. The molecule has 11 nitrogen and oxygen atoms in total. The van der Waals surface area contributed by atoms with E-state index in [1.807, 2.05) is 7.05 Å². The van der Waals surface area contributed by atoms with Gasteiger partial charge in [0.2, 0.25) is 10.0 Å². The Hall–Kier alpha value is -2.54. The number of aryl methyl sites for hydroxylation is 1. The zero-order valence-electron chi connectivity index (χ0n) is 31.9. The van der Waals surface area contributed by atoms with Gasteiger partial charge in [-0.3, -0.25) is 14.3 Å². The van der Waals surface area contributed by atoms with Crippen molar-refractivity contribution in [1.82, 2.24) is 24.7 Å². The van der Waals surface area contributed by atoms with Gasteiger partial charge in [-0.05, 0) is 65.6 Å². The fraction of sp³-hybridized carbons (Fsp3) is 0.640. The monoisotopic (exact) mass is 547 g/mol. The quantitative estimate of drug-likeness (QED) is 0.364. The molecule has 1 aliphatic carbocycles. The number of likely N-dealkylation sites (tertiary alicyclic amines) is 1. The lowest BCUT2D eigenvalue weighted by atomic mass is 10.0. The van der Waals surface area contributed by atoms with E-state index in [1.54, 1.807) is 13.8 Å². The van der Waals surface area contributed by atoms with E-state index in [4.69, 9.17) is 19.8 Å². The van der Waals surface area contributed by atoms with Crippen LogP contribution in [0.1, 0.15) is 78.3 Å². The van der Waals surface area contributed by atoms with E-state index >= 15 is 0 Å². The maximum Gasteiger partial charge on any atom is 0.271 e. The zero-order valence-corrected chi connectivity index (χ0v) is 21.7. The smallest absolute Gasteiger partial charge is 0.271 e. The van der Waals surface area contributed by atoms with Crippen LogP contribution in [0.5, 0.6) is 0 Å². The highest BCUT2D eigenvalue weighted by Gasteiger charge is 2.30. The normalized spacial score (nSPS) is 28.4. The minimum atomic E-state index is -4.34. The van der Waals surface area contributed by atoms with Crippen LogP contribution in [0.2, 0.25) is 0 Å². The molecular weight excluding hydrogens is 496 g/mol. The molecule has 37 heavy (non-hydrogen) atoms. The highest BCUT2D eigenvalue weighted by Crippen LogP contribution is 2.26. The van der Waals surface area contributed by atoms with Crippen LogP contribution in [0.15, 0.2) is 28.8 Å². The van der Waals surface area contributed by atoms with Crippen molar-refractivity contribution in [2.75, 3.05) is 32.0 Å².